The van der Waals surface area contributed by atoms with Crippen LogP contribution in [0.3, 0.4) is 0 Å². The Kier molecular flexibility index (Phi) is 7.24. The molecule has 1 heteroatoms. The molecule has 0 bridgehead atoms. The maximum Gasteiger partial charge on any atom is 0.143 e. The highest BCUT2D eigenvalue weighted by Crippen LogP contribution is 2.55. The summed E-state index contributed by atoms with van der Waals surface area (Å²) in [6.07, 6.45) is 0. The Labute approximate surface area is 370 Å². The molecule has 0 saturated carbocycles. The second-order valence-corrected chi connectivity index (χ2v) is 18.3. The zero-order chi connectivity index (χ0) is 42.3. The third-order valence-electron chi connectivity index (χ3n) is 14.6. The highest BCUT2D eigenvalue weighted by molar-refractivity contribution is 6.34. The van der Waals surface area contributed by atoms with Gasteiger partial charge in [-0.25, -0.2) is 0 Å². The number of hydrogen-bond donors (Lipinski definition) is 0. The molecular formula is C63H40O. The van der Waals surface area contributed by atoms with Crippen molar-refractivity contribution in [1.82, 2.24) is 0 Å². The van der Waals surface area contributed by atoms with Gasteiger partial charge in [-0.3, -0.25) is 0 Å². The molecule has 298 valence electrons. The van der Waals surface area contributed by atoms with Crippen LogP contribution in [0.25, 0.3) is 131 Å². The first-order chi connectivity index (χ1) is 31.5. The van der Waals surface area contributed by atoms with Crippen LogP contribution in [0.5, 0.6) is 0 Å². The lowest BCUT2D eigenvalue weighted by atomic mass is 9.78. The fourth-order valence-corrected chi connectivity index (χ4v) is 11.9. The topological polar surface area (TPSA) is 13.1 Å². The SMILES string of the molecule is CC1(C)c2ccc(-c3c4ccccc4c(-c4cccc5ccccc45)c4ccccc34)cc2-c2cccc(-c3ccc4c(c3)c3ccccc3c3c4oc4ccc5ccccc5c43)c21. The minimum atomic E-state index is -0.219. The fourth-order valence-electron chi connectivity index (χ4n) is 11.9. The van der Waals surface area contributed by atoms with Crippen molar-refractivity contribution in [3.8, 4) is 44.5 Å². The third kappa shape index (κ3) is 4.79. The maximum absolute atomic E-state index is 6.82. The van der Waals surface area contributed by atoms with Gasteiger partial charge in [0.15, 0.2) is 0 Å². The minimum Gasteiger partial charge on any atom is -0.455 e. The van der Waals surface area contributed by atoms with Crippen LogP contribution >= 0.6 is 0 Å². The van der Waals surface area contributed by atoms with Gasteiger partial charge < -0.3 is 4.42 Å². The summed E-state index contributed by atoms with van der Waals surface area (Å²) in [4.78, 5) is 0. The molecule has 0 spiro atoms. The molecule has 0 N–H and O–H groups in total. The largest absolute Gasteiger partial charge is 0.455 e. The van der Waals surface area contributed by atoms with Gasteiger partial charge in [-0.05, 0) is 139 Å². The predicted octanol–water partition coefficient (Wildman–Crippen LogP) is 17.8. The second kappa shape index (κ2) is 13.0. The first-order valence-corrected chi connectivity index (χ1v) is 22.4. The van der Waals surface area contributed by atoms with Crippen molar-refractivity contribution < 1.29 is 4.42 Å². The van der Waals surface area contributed by atoms with E-state index in [9.17, 15) is 0 Å². The predicted molar refractivity (Wildman–Crippen MR) is 273 cm³/mol. The molecule has 1 aromatic heterocycles. The molecule has 0 fully saturated rings. The van der Waals surface area contributed by atoms with Gasteiger partial charge in [0.05, 0.1) is 0 Å². The van der Waals surface area contributed by atoms with Gasteiger partial charge in [0.1, 0.15) is 11.2 Å². The lowest BCUT2D eigenvalue weighted by Crippen LogP contribution is -2.16. The first-order valence-electron chi connectivity index (χ1n) is 22.4. The standard InChI is InChI=1S/C63H40O/c1-63(2)55-33-30-40(57-47-22-9-11-24-49(47)58(50-25-12-10-23-48(50)57)45-27-13-17-37-15-3-5-18-41(37)45)36-54(55)51-28-14-26-43(61(51)63)39-29-32-52-53(35-39)44-20-7-8-21-46(44)60-59-42-19-6-4-16-38(42)31-34-56(59)64-62(52)60/h3-36H,1-2H3. The number of furan rings is 1. The van der Waals surface area contributed by atoms with Gasteiger partial charge in [0.2, 0.25) is 0 Å². The summed E-state index contributed by atoms with van der Waals surface area (Å²) in [7, 11) is 0. The van der Waals surface area contributed by atoms with E-state index in [1.54, 1.807) is 0 Å². The summed E-state index contributed by atoms with van der Waals surface area (Å²) >= 11 is 0. The molecule has 12 aromatic carbocycles. The number of benzene rings is 12. The zero-order valence-electron chi connectivity index (χ0n) is 35.5. The molecule has 1 aliphatic rings. The molecule has 1 heterocycles. The van der Waals surface area contributed by atoms with Crippen LogP contribution in [0.15, 0.2) is 211 Å². The monoisotopic (exact) mass is 812 g/mol. The quantitative estimate of drug-likeness (QED) is 0.128. The van der Waals surface area contributed by atoms with Crippen LogP contribution in [0.2, 0.25) is 0 Å². The Hall–Kier alpha value is -8.00. The average Bonchev–Trinajstić information content (AvgIpc) is 3.86. The summed E-state index contributed by atoms with van der Waals surface area (Å²) in [5.74, 6) is 0. The van der Waals surface area contributed by atoms with E-state index in [1.807, 2.05) is 0 Å². The molecule has 0 saturated heterocycles. The highest BCUT2D eigenvalue weighted by Gasteiger charge is 2.38. The molecule has 14 rings (SSSR count). The smallest absolute Gasteiger partial charge is 0.143 e. The molecule has 0 amide bonds. The zero-order valence-corrected chi connectivity index (χ0v) is 35.5. The van der Waals surface area contributed by atoms with Gasteiger partial charge in [-0.2, -0.15) is 0 Å². The van der Waals surface area contributed by atoms with Gasteiger partial charge in [0.25, 0.3) is 0 Å². The molecule has 64 heavy (non-hydrogen) atoms. The van der Waals surface area contributed by atoms with Gasteiger partial charge in [-0.15, -0.1) is 0 Å². The normalized spacial score (nSPS) is 13.3. The summed E-state index contributed by atoms with van der Waals surface area (Å²) in [5, 5.41) is 17.3. The van der Waals surface area contributed by atoms with E-state index in [4.69, 9.17) is 4.42 Å². The van der Waals surface area contributed by atoms with Crippen molar-refractivity contribution in [3.05, 3.63) is 217 Å². The Morgan fingerprint density at radius 3 is 1.64 bits per heavy atom. The second-order valence-electron chi connectivity index (χ2n) is 18.3. The van der Waals surface area contributed by atoms with Crippen molar-refractivity contribution in [3.63, 3.8) is 0 Å². The van der Waals surface area contributed by atoms with E-state index in [2.05, 4.69) is 220 Å². The van der Waals surface area contributed by atoms with Crippen LogP contribution < -0.4 is 0 Å². The summed E-state index contributed by atoms with van der Waals surface area (Å²) in [6, 6.07) is 76.6. The summed E-state index contributed by atoms with van der Waals surface area (Å²) < 4.78 is 6.82. The molecule has 1 nitrogen and oxygen atoms in total. The van der Waals surface area contributed by atoms with Crippen LogP contribution in [0.1, 0.15) is 25.0 Å². The van der Waals surface area contributed by atoms with Gasteiger partial charge in [0, 0.05) is 21.6 Å². The van der Waals surface area contributed by atoms with E-state index in [1.165, 1.54) is 126 Å². The molecule has 1 aliphatic carbocycles. The highest BCUT2D eigenvalue weighted by atomic mass is 16.3. The van der Waals surface area contributed by atoms with Crippen molar-refractivity contribution >= 4 is 86.6 Å². The lowest BCUT2D eigenvalue weighted by molar-refractivity contribution is 0.662. The fraction of sp³-hybridized carbons (Fsp3) is 0.0476. The number of rotatable bonds is 3. The Morgan fingerprint density at radius 2 is 0.891 bits per heavy atom. The van der Waals surface area contributed by atoms with Crippen LogP contribution in [-0.4, -0.2) is 0 Å². The number of hydrogen-bond acceptors (Lipinski definition) is 1. The van der Waals surface area contributed by atoms with E-state index in [0.717, 1.165) is 16.6 Å². The summed E-state index contributed by atoms with van der Waals surface area (Å²) in [6.45, 7) is 4.81. The van der Waals surface area contributed by atoms with Crippen molar-refractivity contribution in [2.24, 2.45) is 0 Å². The molecule has 0 aliphatic heterocycles. The van der Waals surface area contributed by atoms with E-state index >= 15 is 0 Å². The van der Waals surface area contributed by atoms with Crippen LogP contribution in [0.4, 0.5) is 0 Å². The summed E-state index contributed by atoms with van der Waals surface area (Å²) in [5.41, 5.74) is 14.6. The van der Waals surface area contributed by atoms with Crippen LogP contribution in [-0.2, 0) is 5.41 Å². The van der Waals surface area contributed by atoms with Gasteiger partial charge >= 0.3 is 0 Å². The Bertz CT molecular complexity index is 4100. The number of fused-ring (bicyclic) bond motifs is 16. The van der Waals surface area contributed by atoms with Crippen LogP contribution in [0, 0.1) is 0 Å². The molecule has 13 aromatic rings. The molecule has 0 unspecified atom stereocenters. The van der Waals surface area contributed by atoms with Crippen molar-refractivity contribution in [2.75, 3.05) is 0 Å². The van der Waals surface area contributed by atoms with E-state index in [0.29, 0.717) is 0 Å². The van der Waals surface area contributed by atoms with E-state index in [-0.39, 0.29) is 5.41 Å². The maximum atomic E-state index is 6.82. The van der Waals surface area contributed by atoms with Gasteiger partial charge in [-0.1, -0.05) is 196 Å². The third-order valence-corrected chi connectivity index (χ3v) is 14.6. The Balaban J connectivity index is 0.969. The molecular weight excluding hydrogens is 773 g/mol. The average molecular weight is 813 g/mol. The van der Waals surface area contributed by atoms with Crippen molar-refractivity contribution in [1.29, 1.82) is 0 Å². The first kappa shape index (κ1) is 35.6. The molecule has 0 atom stereocenters. The van der Waals surface area contributed by atoms with E-state index < -0.39 is 0 Å². The minimum absolute atomic E-state index is 0.219. The van der Waals surface area contributed by atoms with Crippen molar-refractivity contribution in [2.45, 2.75) is 19.3 Å². The Morgan fingerprint density at radius 1 is 0.328 bits per heavy atom. The molecule has 0 radical (unpaired) electrons. The lowest BCUT2D eigenvalue weighted by Gasteiger charge is -2.25.